The van der Waals surface area contributed by atoms with Gasteiger partial charge < -0.3 is 14.9 Å². The molecule has 0 heterocycles. The summed E-state index contributed by atoms with van der Waals surface area (Å²) in [5.41, 5.74) is 1.51. The van der Waals surface area contributed by atoms with Crippen molar-refractivity contribution in [3.8, 4) is 0 Å². The number of hydrogen-bond acceptors (Lipinski definition) is 4. The maximum absolute atomic E-state index is 10.4. The molecule has 0 aliphatic heterocycles. The molecule has 1 aliphatic rings. The maximum atomic E-state index is 10.4. The SMILES string of the molecule is C[C@@H]1C[C@H](OC[C@@H](O)CN(CCO)Cc2ccccc2)CC(C)(C)C1. The van der Waals surface area contributed by atoms with Crippen LogP contribution in [0.2, 0.25) is 0 Å². The highest BCUT2D eigenvalue weighted by Gasteiger charge is 2.32. The number of rotatable bonds is 9. The van der Waals surface area contributed by atoms with E-state index in [9.17, 15) is 10.2 Å². The van der Waals surface area contributed by atoms with Gasteiger partial charge in [0.15, 0.2) is 0 Å². The van der Waals surface area contributed by atoms with Crippen LogP contribution < -0.4 is 0 Å². The first-order chi connectivity index (χ1) is 11.9. The first-order valence-corrected chi connectivity index (χ1v) is 9.55. The molecule has 142 valence electrons. The molecule has 25 heavy (non-hydrogen) atoms. The van der Waals surface area contributed by atoms with Crippen LogP contribution in [0.5, 0.6) is 0 Å². The molecular formula is C21H35NO3. The predicted molar refractivity (Wildman–Crippen MR) is 101 cm³/mol. The fraction of sp³-hybridized carbons (Fsp3) is 0.714. The molecule has 1 saturated carbocycles. The molecule has 4 heteroatoms. The van der Waals surface area contributed by atoms with Gasteiger partial charge >= 0.3 is 0 Å². The number of ether oxygens (including phenoxy) is 1. The van der Waals surface area contributed by atoms with Gasteiger partial charge in [0, 0.05) is 19.6 Å². The van der Waals surface area contributed by atoms with E-state index in [2.05, 4.69) is 37.8 Å². The lowest BCUT2D eigenvalue weighted by Crippen LogP contribution is -2.39. The van der Waals surface area contributed by atoms with Crippen molar-refractivity contribution in [2.45, 2.75) is 58.8 Å². The molecule has 1 aliphatic carbocycles. The smallest absolute Gasteiger partial charge is 0.0900 e. The zero-order chi connectivity index (χ0) is 18.3. The minimum Gasteiger partial charge on any atom is -0.395 e. The van der Waals surface area contributed by atoms with Crippen LogP contribution >= 0.6 is 0 Å². The Morgan fingerprint density at radius 2 is 1.96 bits per heavy atom. The van der Waals surface area contributed by atoms with Gasteiger partial charge in [-0.05, 0) is 36.2 Å². The molecule has 2 rings (SSSR count). The lowest BCUT2D eigenvalue weighted by atomic mass is 9.71. The second-order valence-electron chi connectivity index (χ2n) is 8.47. The van der Waals surface area contributed by atoms with Crippen LogP contribution in [0.15, 0.2) is 30.3 Å². The standard InChI is InChI=1S/C21H35NO3/c1-17-11-20(13-21(2,3)12-17)25-16-19(24)15-22(9-10-23)14-18-7-5-4-6-8-18/h4-8,17,19-20,23-24H,9-16H2,1-3H3/t17-,19+,20+/m1/s1. The molecule has 3 atom stereocenters. The Bertz CT molecular complexity index is 491. The molecule has 0 bridgehead atoms. The van der Waals surface area contributed by atoms with Crippen molar-refractivity contribution in [1.82, 2.24) is 4.90 Å². The summed E-state index contributed by atoms with van der Waals surface area (Å²) in [6.45, 7) is 9.15. The zero-order valence-electron chi connectivity index (χ0n) is 16.0. The van der Waals surface area contributed by atoms with E-state index in [0.29, 0.717) is 31.0 Å². The van der Waals surface area contributed by atoms with E-state index in [-0.39, 0.29) is 12.7 Å². The first-order valence-electron chi connectivity index (χ1n) is 9.55. The van der Waals surface area contributed by atoms with Gasteiger partial charge in [-0.2, -0.15) is 0 Å². The van der Waals surface area contributed by atoms with Crippen molar-refractivity contribution in [1.29, 1.82) is 0 Å². The summed E-state index contributed by atoms with van der Waals surface area (Å²) in [6.07, 6.45) is 3.11. The third-order valence-electron chi connectivity index (χ3n) is 5.01. The Labute approximate surface area is 152 Å². The Hall–Kier alpha value is -0.940. The summed E-state index contributed by atoms with van der Waals surface area (Å²) in [5.74, 6) is 0.676. The van der Waals surface area contributed by atoms with Crippen LogP contribution in [0.1, 0.15) is 45.6 Å². The first kappa shape index (κ1) is 20.4. The van der Waals surface area contributed by atoms with Crippen LogP contribution in [0.3, 0.4) is 0 Å². The fourth-order valence-electron chi connectivity index (χ4n) is 4.20. The number of aliphatic hydroxyl groups is 2. The van der Waals surface area contributed by atoms with E-state index >= 15 is 0 Å². The average molecular weight is 350 g/mol. The van der Waals surface area contributed by atoms with E-state index in [1.54, 1.807) is 0 Å². The third-order valence-corrected chi connectivity index (χ3v) is 5.01. The molecule has 0 saturated heterocycles. The second kappa shape index (κ2) is 9.67. The Kier molecular flexibility index (Phi) is 7.88. The van der Waals surface area contributed by atoms with Gasteiger partial charge in [0.1, 0.15) is 0 Å². The van der Waals surface area contributed by atoms with Crippen LogP contribution in [-0.2, 0) is 11.3 Å². The van der Waals surface area contributed by atoms with Gasteiger partial charge in [-0.3, -0.25) is 4.90 Å². The summed E-state index contributed by atoms with van der Waals surface area (Å²) >= 11 is 0. The molecule has 1 aromatic carbocycles. The van der Waals surface area contributed by atoms with E-state index in [1.165, 1.54) is 12.0 Å². The third kappa shape index (κ3) is 7.45. The molecule has 4 nitrogen and oxygen atoms in total. The minimum absolute atomic E-state index is 0.0920. The number of benzene rings is 1. The summed E-state index contributed by atoms with van der Waals surface area (Å²) in [5, 5.41) is 19.7. The molecule has 0 amide bonds. The van der Waals surface area contributed by atoms with Crippen molar-refractivity contribution < 1.29 is 14.9 Å². The number of hydrogen-bond donors (Lipinski definition) is 2. The topological polar surface area (TPSA) is 52.9 Å². The highest BCUT2D eigenvalue weighted by Crippen LogP contribution is 2.39. The van der Waals surface area contributed by atoms with Crippen molar-refractivity contribution in [3.05, 3.63) is 35.9 Å². The number of aliphatic hydroxyl groups excluding tert-OH is 2. The van der Waals surface area contributed by atoms with Crippen molar-refractivity contribution >= 4 is 0 Å². The van der Waals surface area contributed by atoms with Crippen LogP contribution in [0, 0.1) is 11.3 Å². The van der Waals surface area contributed by atoms with E-state index < -0.39 is 6.10 Å². The highest BCUT2D eigenvalue weighted by molar-refractivity contribution is 5.14. The Balaban J connectivity index is 1.79. The van der Waals surface area contributed by atoms with Gasteiger partial charge in [0.25, 0.3) is 0 Å². The van der Waals surface area contributed by atoms with Crippen molar-refractivity contribution in [3.63, 3.8) is 0 Å². The van der Waals surface area contributed by atoms with Gasteiger partial charge in [-0.25, -0.2) is 0 Å². The molecule has 0 unspecified atom stereocenters. The van der Waals surface area contributed by atoms with E-state index in [0.717, 1.165) is 19.4 Å². The van der Waals surface area contributed by atoms with Gasteiger partial charge in [0.05, 0.1) is 25.4 Å². The summed E-state index contributed by atoms with van der Waals surface area (Å²) in [4.78, 5) is 2.08. The monoisotopic (exact) mass is 349 g/mol. The normalized spacial score (nSPS) is 24.4. The molecule has 1 aromatic rings. The van der Waals surface area contributed by atoms with Crippen LogP contribution in [-0.4, -0.2) is 53.6 Å². The molecule has 1 fully saturated rings. The van der Waals surface area contributed by atoms with E-state index in [1.807, 2.05) is 18.2 Å². The lowest BCUT2D eigenvalue weighted by molar-refractivity contribution is -0.0623. The highest BCUT2D eigenvalue weighted by atomic mass is 16.5. The zero-order valence-corrected chi connectivity index (χ0v) is 16.0. The fourth-order valence-corrected chi connectivity index (χ4v) is 4.20. The van der Waals surface area contributed by atoms with Gasteiger partial charge in [-0.1, -0.05) is 51.1 Å². The second-order valence-corrected chi connectivity index (χ2v) is 8.47. The van der Waals surface area contributed by atoms with Crippen molar-refractivity contribution in [2.24, 2.45) is 11.3 Å². The quantitative estimate of drug-likeness (QED) is 0.719. The van der Waals surface area contributed by atoms with Gasteiger partial charge in [-0.15, -0.1) is 0 Å². The Morgan fingerprint density at radius 3 is 2.60 bits per heavy atom. The van der Waals surface area contributed by atoms with Crippen LogP contribution in [0.25, 0.3) is 0 Å². The summed E-state index contributed by atoms with van der Waals surface area (Å²) in [7, 11) is 0. The lowest BCUT2D eigenvalue weighted by Gasteiger charge is -2.39. The van der Waals surface area contributed by atoms with E-state index in [4.69, 9.17) is 4.74 Å². The largest absolute Gasteiger partial charge is 0.395 e. The summed E-state index contributed by atoms with van der Waals surface area (Å²) in [6, 6.07) is 10.2. The van der Waals surface area contributed by atoms with Gasteiger partial charge in [0.2, 0.25) is 0 Å². The van der Waals surface area contributed by atoms with Crippen LogP contribution in [0.4, 0.5) is 0 Å². The average Bonchev–Trinajstić information content (AvgIpc) is 2.52. The maximum Gasteiger partial charge on any atom is 0.0900 e. The molecule has 2 N–H and O–H groups in total. The van der Waals surface area contributed by atoms with Crippen molar-refractivity contribution in [2.75, 3.05) is 26.3 Å². The molecular weight excluding hydrogens is 314 g/mol. The molecule has 0 radical (unpaired) electrons. The number of nitrogens with zero attached hydrogens (tertiary/aromatic N) is 1. The predicted octanol–water partition coefficient (Wildman–Crippen LogP) is 3.07. The Morgan fingerprint density at radius 1 is 1.24 bits per heavy atom. The molecule has 0 aromatic heterocycles. The minimum atomic E-state index is -0.532. The molecule has 0 spiro atoms. The summed E-state index contributed by atoms with van der Waals surface area (Å²) < 4.78 is 6.04.